The summed E-state index contributed by atoms with van der Waals surface area (Å²) in [5, 5.41) is 5.13. The zero-order chi connectivity index (χ0) is 14.1. The van der Waals surface area contributed by atoms with Gasteiger partial charge >= 0.3 is 6.03 Å². The van der Waals surface area contributed by atoms with Crippen LogP contribution in [-0.2, 0) is 9.59 Å². The molecule has 0 spiro atoms. The first-order valence-corrected chi connectivity index (χ1v) is 6.92. The molecular formula is C11H20IN3O3. The number of urea groups is 1. The van der Waals surface area contributed by atoms with Gasteiger partial charge in [0.25, 0.3) is 0 Å². The largest absolute Gasteiger partial charge is 0.352 e. The molecule has 0 aliphatic heterocycles. The summed E-state index contributed by atoms with van der Waals surface area (Å²) in [5.41, 5.74) is 4.92. The van der Waals surface area contributed by atoms with E-state index in [0.29, 0.717) is 25.8 Å². The van der Waals surface area contributed by atoms with E-state index in [1.807, 2.05) is 13.8 Å². The molecule has 0 aromatic heterocycles. The standard InChI is InChI=1S/C11H20IN3O3/c1-7(2)6-9(16)15-8(10(12)17)4-3-5-14-11(13)18/h7-8H,3-6H2,1-2H3,(H,15,16)(H3,13,14,18)/t8-/m0/s1. The summed E-state index contributed by atoms with van der Waals surface area (Å²) in [6.45, 7) is 4.28. The van der Waals surface area contributed by atoms with E-state index in [9.17, 15) is 14.4 Å². The van der Waals surface area contributed by atoms with Gasteiger partial charge in [-0.05, 0) is 18.8 Å². The Morgan fingerprint density at radius 1 is 1.28 bits per heavy atom. The normalized spacial score (nSPS) is 12.0. The predicted molar refractivity (Wildman–Crippen MR) is 77.2 cm³/mol. The Labute approximate surface area is 121 Å². The van der Waals surface area contributed by atoms with Crippen LogP contribution >= 0.6 is 22.6 Å². The maximum Gasteiger partial charge on any atom is 0.312 e. The van der Waals surface area contributed by atoms with Crippen LogP contribution in [0, 0.1) is 5.92 Å². The molecule has 104 valence electrons. The maximum absolute atomic E-state index is 11.6. The molecule has 0 bridgehead atoms. The molecule has 0 saturated heterocycles. The predicted octanol–water partition coefficient (Wildman–Crippen LogP) is 0.927. The minimum atomic E-state index is -0.587. The number of carbonyl (C=O) groups excluding carboxylic acids is 3. The van der Waals surface area contributed by atoms with Crippen molar-refractivity contribution in [3.05, 3.63) is 0 Å². The zero-order valence-corrected chi connectivity index (χ0v) is 12.8. The summed E-state index contributed by atoms with van der Waals surface area (Å²) in [4.78, 5) is 33.4. The van der Waals surface area contributed by atoms with Gasteiger partial charge in [-0.15, -0.1) is 0 Å². The molecule has 18 heavy (non-hydrogen) atoms. The van der Waals surface area contributed by atoms with Gasteiger partial charge in [0.05, 0.1) is 6.04 Å². The molecule has 6 nitrogen and oxygen atoms in total. The quantitative estimate of drug-likeness (QED) is 0.337. The lowest BCUT2D eigenvalue weighted by molar-refractivity contribution is -0.125. The van der Waals surface area contributed by atoms with Crippen molar-refractivity contribution < 1.29 is 14.4 Å². The number of amides is 3. The Bertz CT molecular complexity index is 308. The number of hydrogen-bond donors (Lipinski definition) is 3. The highest BCUT2D eigenvalue weighted by Gasteiger charge is 2.18. The van der Waals surface area contributed by atoms with E-state index in [1.54, 1.807) is 22.6 Å². The SMILES string of the molecule is CC(C)CC(=O)N[C@@H](CCCNC(N)=O)C(=O)I. The van der Waals surface area contributed by atoms with Crippen LogP contribution in [0.3, 0.4) is 0 Å². The highest BCUT2D eigenvalue weighted by Crippen LogP contribution is 2.06. The van der Waals surface area contributed by atoms with E-state index in [2.05, 4.69) is 10.6 Å². The molecular weight excluding hydrogens is 349 g/mol. The van der Waals surface area contributed by atoms with E-state index >= 15 is 0 Å². The number of carbonyl (C=O) groups is 3. The summed E-state index contributed by atoms with van der Waals surface area (Å²) in [7, 11) is 0. The van der Waals surface area contributed by atoms with E-state index < -0.39 is 12.1 Å². The average Bonchev–Trinajstić information content (AvgIpc) is 2.20. The van der Waals surface area contributed by atoms with Crippen LogP contribution in [0.1, 0.15) is 33.1 Å². The molecule has 3 amide bonds. The summed E-state index contributed by atoms with van der Waals surface area (Å²) < 4.78 is -0.108. The molecule has 7 heteroatoms. The monoisotopic (exact) mass is 369 g/mol. The van der Waals surface area contributed by atoms with Crippen LogP contribution in [0.25, 0.3) is 0 Å². The van der Waals surface area contributed by atoms with Crippen LogP contribution in [0.4, 0.5) is 4.79 Å². The lowest BCUT2D eigenvalue weighted by atomic mass is 10.1. The lowest BCUT2D eigenvalue weighted by Crippen LogP contribution is -2.40. The molecule has 0 heterocycles. The summed E-state index contributed by atoms with van der Waals surface area (Å²) in [5.74, 6) is 0.134. The fourth-order valence-electron chi connectivity index (χ4n) is 1.38. The molecule has 0 aliphatic carbocycles. The molecule has 0 aromatic carbocycles. The first kappa shape index (κ1) is 17.1. The van der Waals surface area contributed by atoms with Gasteiger partial charge in [0.2, 0.25) is 9.70 Å². The van der Waals surface area contributed by atoms with Crippen molar-refractivity contribution in [2.45, 2.75) is 39.2 Å². The Hall–Kier alpha value is -0.860. The van der Waals surface area contributed by atoms with Crippen LogP contribution in [0.2, 0.25) is 0 Å². The first-order valence-electron chi connectivity index (χ1n) is 5.85. The third kappa shape index (κ3) is 9.20. The van der Waals surface area contributed by atoms with Crippen LogP contribution in [0.5, 0.6) is 0 Å². The fourth-order valence-corrected chi connectivity index (χ4v) is 1.85. The Morgan fingerprint density at radius 3 is 2.33 bits per heavy atom. The molecule has 0 fully saturated rings. The van der Waals surface area contributed by atoms with Crippen molar-refractivity contribution in [1.29, 1.82) is 0 Å². The Morgan fingerprint density at radius 2 is 1.89 bits per heavy atom. The van der Waals surface area contributed by atoms with Gasteiger partial charge in [0.15, 0.2) is 0 Å². The molecule has 0 unspecified atom stereocenters. The van der Waals surface area contributed by atoms with Crippen molar-refractivity contribution >= 4 is 38.3 Å². The van der Waals surface area contributed by atoms with Gasteiger partial charge in [-0.1, -0.05) is 13.8 Å². The van der Waals surface area contributed by atoms with Crippen LogP contribution in [0.15, 0.2) is 0 Å². The summed E-state index contributed by atoms with van der Waals surface area (Å²) in [6.07, 6.45) is 1.48. The van der Waals surface area contributed by atoms with Crippen LogP contribution < -0.4 is 16.4 Å². The second-order valence-electron chi connectivity index (χ2n) is 4.46. The smallest absolute Gasteiger partial charge is 0.312 e. The highest BCUT2D eigenvalue weighted by molar-refractivity contribution is 14.1. The minimum Gasteiger partial charge on any atom is -0.352 e. The van der Waals surface area contributed by atoms with Gasteiger partial charge < -0.3 is 16.4 Å². The van der Waals surface area contributed by atoms with E-state index in [1.165, 1.54) is 0 Å². The highest BCUT2D eigenvalue weighted by atomic mass is 127. The van der Waals surface area contributed by atoms with E-state index in [4.69, 9.17) is 5.73 Å². The van der Waals surface area contributed by atoms with Crippen molar-refractivity contribution in [2.75, 3.05) is 6.54 Å². The van der Waals surface area contributed by atoms with Crippen molar-refractivity contribution in [3.8, 4) is 0 Å². The Kier molecular flexibility index (Phi) is 8.69. The van der Waals surface area contributed by atoms with E-state index in [0.717, 1.165) is 0 Å². The van der Waals surface area contributed by atoms with Gasteiger partial charge in [-0.2, -0.15) is 0 Å². The molecule has 1 atom stereocenters. The van der Waals surface area contributed by atoms with E-state index in [-0.39, 0.29) is 15.6 Å². The zero-order valence-electron chi connectivity index (χ0n) is 10.7. The van der Waals surface area contributed by atoms with Gasteiger partial charge in [0, 0.05) is 35.6 Å². The minimum absolute atomic E-state index is 0.108. The summed E-state index contributed by atoms with van der Waals surface area (Å²) >= 11 is 1.67. The Balaban J connectivity index is 4.03. The van der Waals surface area contributed by atoms with Gasteiger partial charge in [-0.25, -0.2) is 4.79 Å². The number of halogens is 1. The first-order chi connectivity index (χ1) is 8.32. The van der Waals surface area contributed by atoms with Crippen molar-refractivity contribution in [2.24, 2.45) is 11.7 Å². The van der Waals surface area contributed by atoms with Crippen molar-refractivity contribution in [1.82, 2.24) is 10.6 Å². The maximum atomic E-state index is 11.6. The van der Waals surface area contributed by atoms with Crippen LogP contribution in [-0.4, -0.2) is 28.3 Å². The van der Waals surface area contributed by atoms with Gasteiger partial charge in [-0.3, -0.25) is 9.59 Å². The number of nitrogens with one attached hydrogen (secondary N) is 2. The third-order valence-corrected chi connectivity index (χ3v) is 2.92. The topological polar surface area (TPSA) is 101 Å². The molecule has 0 aliphatic rings. The fraction of sp³-hybridized carbons (Fsp3) is 0.727. The number of hydrogen-bond acceptors (Lipinski definition) is 3. The second kappa shape index (κ2) is 9.12. The average molecular weight is 369 g/mol. The molecule has 4 N–H and O–H groups in total. The second-order valence-corrected chi connectivity index (χ2v) is 5.52. The number of nitrogens with two attached hydrogens (primary N) is 1. The molecule has 0 saturated carbocycles. The number of rotatable bonds is 8. The van der Waals surface area contributed by atoms with Crippen molar-refractivity contribution in [3.63, 3.8) is 0 Å². The van der Waals surface area contributed by atoms with Gasteiger partial charge in [0.1, 0.15) is 0 Å². The molecule has 0 rings (SSSR count). The molecule has 0 radical (unpaired) electrons. The summed E-state index contributed by atoms with van der Waals surface area (Å²) in [6, 6.07) is -1.08. The third-order valence-electron chi connectivity index (χ3n) is 2.17. The number of primary amides is 1. The lowest BCUT2D eigenvalue weighted by Gasteiger charge is -2.15. The molecule has 0 aromatic rings.